The Kier molecular flexibility index (Phi) is 5.75. The van der Waals surface area contributed by atoms with Crippen LogP contribution in [0.15, 0.2) is 5.16 Å². The number of carboxylic acids is 1. The van der Waals surface area contributed by atoms with E-state index in [-0.39, 0.29) is 6.04 Å². The lowest BCUT2D eigenvalue weighted by molar-refractivity contribution is -0.139. The standard InChI is InChI=1S/C13H21N3O2S/c1-7(2)14-11(12(17)18)6-19-13-15-9(4)8(3)10(5)16-13/h7,11,14H,6H2,1-5H3,(H,17,18). The van der Waals surface area contributed by atoms with Crippen LogP contribution in [0.3, 0.4) is 0 Å². The summed E-state index contributed by atoms with van der Waals surface area (Å²) in [6.07, 6.45) is 0. The molecule has 0 aliphatic heterocycles. The van der Waals surface area contributed by atoms with E-state index in [2.05, 4.69) is 15.3 Å². The lowest BCUT2D eigenvalue weighted by Gasteiger charge is -2.16. The van der Waals surface area contributed by atoms with Gasteiger partial charge in [0.05, 0.1) is 0 Å². The van der Waals surface area contributed by atoms with Gasteiger partial charge < -0.3 is 10.4 Å². The highest BCUT2D eigenvalue weighted by molar-refractivity contribution is 7.99. The molecule has 1 rings (SSSR count). The van der Waals surface area contributed by atoms with Gasteiger partial charge in [0.1, 0.15) is 6.04 Å². The quantitative estimate of drug-likeness (QED) is 0.614. The molecule has 0 amide bonds. The third kappa shape index (κ3) is 4.80. The van der Waals surface area contributed by atoms with Crippen molar-refractivity contribution in [3.8, 4) is 0 Å². The Balaban J connectivity index is 2.72. The molecule has 0 radical (unpaired) electrons. The van der Waals surface area contributed by atoms with Crippen LogP contribution in [0.4, 0.5) is 0 Å². The van der Waals surface area contributed by atoms with Crippen molar-refractivity contribution >= 4 is 17.7 Å². The molecule has 19 heavy (non-hydrogen) atoms. The zero-order valence-electron chi connectivity index (χ0n) is 12.0. The topological polar surface area (TPSA) is 75.1 Å². The minimum Gasteiger partial charge on any atom is -0.480 e. The number of hydrogen-bond acceptors (Lipinski definition) is 5. The van der Waals surface area contributed by atoms with Crippen LogP contribution in [0.2, 0.25) is 0 Å². The van der Waals surface area contributed by atoms with Crippen LogP contribution >= 0.6 is 11.8 Å². The van der Waals surface area contributed by atoms with E-state index in [1.165, 1.54) is 11.8 Å². The number of nitrogens with zero attached hydrogens (tertiary/aromatic N) is 2. The highest BCUT2D eigenvalue weighted by atomic mass is 32.2. The first kappa shape index (κ1) is 15.9. The maximum atomic E-state index is 11.1. The number of carbonyl (C=O) groups is 1. The summed E-state index contributed by atoms with van der Waals surface area (Å²) in [6, 6.07) is -0.459. The van der Waals surface area contributed by atoms with Crippen molar-refractivity contribution in [1.82, 2.24) is 15.3 Å². The summed E-state index contributed by atoms with van der Waals surface area (Å²) in [5, 5.41) is 12.8. The monoisotopic (exact) mass is 283 g/mol. The molecule has 0 saturated carbocycles. The number of aryl methyl sites for hydroxylation is 2. The van der Waals surface area contributed by atoms with Gasteiger partial charge in [-0.15, -0.1) is 0 Å². The first-order valence-electron chi connectivity index (χ1n) is 6.24. The van der Waals surface area contributed by atoms with Crippen LogP contribution in [-0.2, 0) is 4.79 Å². The molecular weight excluding hydrogens is 262 g/mol. The van der Waals surface area contributed by atoms with Crippen molar-refractivity contribution in [2.24, 2.45) is 0 Å². The molecule has 1 aromatic rings. The van der Waals surface area contributed by atoms with Gasteiger partial charge in [-0.1, -0.05) is 25.6 Å². The molecule has 106 valence electrons. The van der Waals surface area contributed by atoms with E-state index in [0.717, 1.165) is 17.0 Å². The molecule has 1 unspecified atom stereocenters. The Morgan fingerprint density at radius 3 is 2.21 bits per heavy atom. The number of aromatic nitrogens is 2. The number of carboxylic acid groups (broad SMARTS) is 1. The van der Waals surface area contributed by atoms with Gasteiger partial charge in [0, 0.05) is 23.2 Å². The lowest BCUT2D eigenvalue weighted by atomic mass is 10.2. The first-order valence-corrected chi connectivity index (χ1v) is 7.23. The highest BCUT2D eigenvalue weighted by Gasteiger charge is 2.19. The molecule has 1 atom stereocenters. The average Bonchev–Trinajstić information content (AvgIpc) is 2.30. The van der Waals surface area contributed by atoms with Gasteiger partial charge in [0.2, 0.25) is 0 Å². The predicted molar refractivity (Wildman–Crippen MR) is 76.7 cm³/mol. The van der Waals surface area contributed by atoms with Gasteiger partial charge in [-0.25, -0.2) is 9.97 Å². The molecule has 1 heterocycles. The summed E-state index contributed by atoms with van der Waals surface area (Å²) in [6.45, 7) is 9.72. The average molecular weight is 283 g/mol. The Labute approximate surface area is 118 Å². The molecule has 1 aromatic heterocycles. The summed E-state index contributed by atoms with van der Waals surface area (Å²) < 4.78 is 0. The predicted octanol–water partition coefficient (Wildman–Crippen LogP) is 1.95. The molecule has 6 heteroatoms. The van der Waals surface area contributed by atoms with E-state index >= 15 is 0 Å². The number of nitrogens with one attached hydrogen (secondary N) is 1. The molecule has 0 aliphatic carbocycles. The Morgan fingerprint density at radius 1 is 1.26 bits per heavy atom. The van der Waals surface area contributed by atoms with Gasteiger partial charge in [0.25, 0.3) is 0 Å². The lowest BCUT2D eigenvalue weighted by Crippen LogP contribution is -2.42. The number of aliphatic carboxylic acids is 1. The summed E-state index contributed by atoms with van der Waals surface area (Å²) in [5.41, 5.74) is 2.97. The van der Waals surface area contributed by atoms with Crippen LogP contribution in [0.1, 0.15) is 30.8 Å². The van der Waals surface area contributed by atoms with Gasteiger partial charge in [-0.2, -0.15) is 0 Å². The van der Waals surface area contributed by atoms with Gasteiger partial charge in [-0.3, -0.25) is 4.79 Å². The largest absolute Gasteiger partial charge is 0.480 e. The van der Waals surface area contributed by atoms with E-state index in [9.17, 15) is 4.79 Å². The fourth-order valence-corrected chi connectivity index (χ4v) is 2.51. The van der Waals surface area contributed by atoms with Gasteiger partial charge in [-0.05, 0) is 26.3 Å². The molecular formula is C13H21N3O2S. The SMILES string of the molecule is Cc1nc(SCC(NC(C)C)C(=O)O)nc(C)c1C. The van der Waals surface area contributed by atoms with E-state index in [1.54, 1.807) is 0 Å². The fraction of sp³-hybridized carbons (Fsp3) is 0.615. The molecule has 0 saturated heterocycles. The molecule has 0 aromatic carbocycles. The fourth-order valence-electron chi connectivity index (χ4n) is 1.56. The van der Waals surface area contributed by atoms with Crippen LogP contribution in [-0.4, -0.2) is 38.9 Å². The molecule has 0 bridgehead atoms. The Bertz CT molecular complexity index is 440. The summed E-state index contributed by atoms with van der Waals surface area (Å²) in [4.78, 5) is 19.9. The minimum absolute atomic E-state index is 0.129. The molecule has 2 N–H and O–H groups in total. The third-order valence-corrected chi connectivity index (χ3v) is 3.76. The second-order valence-electron chi connectivity index (χ2n) is 4.83. The summed E-state index contributed by atoms with van der Waals surface area (Å²) >= 11 is 1.37. The Hall–Kier alpha value is -1.14. The Morgan fingerprint density at radius 2 is 1.79 bits per heavy atom. The molecule has 0 aliphatic rings. The molecule has 0 fully saturated rings. The van der Waals surface area contributed by atoms with Crippen molar-refractivity contribution in [2.45, 2.75) is 51.9 Å². The third-order valence-electron chi connectivity index (χ3n) is 2.82. The van der Waals surface area contributed by atoms with Crippen molar-refractivity contribution in [3.63, 3.8) is 0 Å². The van der Waals surface area contributed by atoms with Crippen LogP contribution in [0, 0.1) is 20.8 Å². The smallest absolute Gasteiger partial charge is 0.321 e. The maximum absolute atomic E-state index is 11.1. The zero-order valence-corrected chi connectivity index (χ0v) is 12.8. The maximum Gasteiger partial charge on any atom is 0.321 e. The molecule has 0 spiro atoms. The van der Waals surface area contributed by atoms with Crippen LogP contribution in [0.5, 0.6) is 0 Å². The van der Waals surface area contributed by atoms with Crippen molar-refractivity contribution in [1.29, 1.82) is 0 Å². The number of hydrogen-bond donors (Lipinski definition) is 2. The molecule has 5 nitrogen and oxygen atoms in total. The van der Waals surface area contributed by atoms with Crippen molar-refractivity contribution in [3.05, 3.63) is 17.0 Å². The van der Waals surface area contributed by atoms with E-state index in [4.69, 9.17) is 5.11 Å². The van der Waals surface area contributed by atoms with E-state index < -0.39 is 12.0 Å². The van der Waals surface area contributed by atoms with Crippen LogP contribution in [0.25, 0.3) is 0 Å². The minimum atomic E-state index is -0.846. The first-order chi connectivity index (χ1) is 8.81. The second-order valence-corrected chi connectivity index (χ2v) is 5.81. The van der Waals surface area contributed by atoms with Gasteiger partial charge in [0.15, 0.2) is 5.16 Å². The second kappa shape index (κ2) is 6.86. The zero-order chi connectivity index (χ0) is 14.6. The number of rotatable bonds is 6. The summed E-state index contributed by atoms with van der Waals surface area (Å²) in [5.74, 6) is -0.433. The highest BCUT2D eigenvalue weighted by Crippen LogP contribution is 2.18. The number of thioether (sulfide) groups is 1. The van der Waals surface area contributed by atoms with E-state index in [1.807, 2.05) is 34.6 Å². The van der Waals surface area contributed by atoms with E-state index in [0.29, 0.717) is 10.9 Å². The van der Waals surface area contributed by atoms with Gasteiger partial charge >= 0.3 is 5.97 Å². The van der Waals surface area contributed by atoms with Crippen molar-refractivity contribution in [2.75, 3.05) is 5.75 Å². The normalized spacial score (nSPS) is 12.7. The summed E-state index contributed by atoms with van der Waals surface area (Å²) in [7, 11) is 0. The van der Waals surface area contributed by atoms with Crippen LogP contribution < -0.4 is 5.32 Å². The van der Waals surface area contributed by atoms with Crippen molar-refractivity contribution < 1.29 is 9.90 Å².